The van der Waals surface area contributed by atoms with E-state index in [2.05, 4.69) is 25.2 Å². The fourth-order valence-corrected chi connectivity index (χ4v) is 4.51. The van der Waals surface area contributed by atoms with Crippen LogP contribution in [0, 0.1) is 5.92 Å². The zero-order valence-electron chi connectivity index (χ0n) is 19.9. The highest BCUT2D eigenvalue weighted by Crippen LogP contribution is 2.22. The van der Waals surface area contributed by atoms with Crippen LogP contribution in [0.25, 0.3) is 22.2 Å². The zero-order valence-corrected chi connectivity index (χ0v) is 19.9. The second-order valence-corrected chi connectivity index (χ2v) is 9.31. The predicted octanol–water partition coefficient (Wildman–Crippen LogP) is 2.99. The van der Waals surface area contributed by atoms with Crippen molar-refractivity contribution in [2.75, 3.05) is 20.1 Å². The van der Waals surface area contributed by atoms with E-state index < -0.39 is 0 Å². The summed E-state index contributed by atoms with van der Waals surface area (Å²) in [5.41, 5.74) is 1.85. The third kappa shape index (κ3) is 5.62. The van der Waals surface area contributed by atoms with Gasteiger partial charge in [0.25, 0.3) is 11.4 Å². The summed E-state index contributed by atoms with van der Waals surface area (Å²) in [6, 6.07) is 9.33. The Morgan fingerprint density at radius 2 is 1.97 bits per heavy atom. The molecule has 0 unspecified atom stereocenters. The van der Waals surface area contributed by atoms with Crippen molar-refractivity contribution >= 4 is 22.6 Å². The molecular weight excluding hydrogens is 430 g/mol. The number of H-pyrrole nitrogens is 3. The molecule has 1 aromatic carbocycles. The van der Waals surface area contributed by atoms with Gasteiger partial charge in [-0.15, -0.1) is 0 Å². The number of imidazole rings is 1. The number of para-hydroxylation sites is 1. The molecule has 1 fully saturated rings. The second kappa shape index (κ2) is 10.8. The summed E-state index contributed by atoms with van der Waals surface area (Å²) in [5, 5.41) is 4.15. The number of aromatic amines is 3. The van der Waals surface area contributed by atoms with Gasteiger partial charge in [-0.05, 0) is 37.4 Å². The molecule has 1 atom stereocenters. The number of nitrogens with one attached hydrogen (secondary N) is 4. The van der Waals surface area contributed by atoms with Crippen molar-refractivity contribution in [2.45, 2.75) is 51.5 Å². The number of rotatable bonds is 11. The molecule has 0 spiro atoms. The Hall–Kier alpha value is -3.26. The molecule has 1 saturated heterocycles. The lowest BCUT2D eigenvalue weighted by Crippen LogP contribution is -2.52. The molecule has 3 aromatic rings. The van der Waals surface area contributed by atoms with Crippen molar-refractivity contribution in [2.24, 2.45) is 5.92 Å². The highest BCUT2D eigenvalue weighted by Gasteiger charge is 2.33. The van der Waals surface area contributed by atoms with Gasteiger partial charge >= 0.3 is 0 Å². The van der Waals surface area contributed by atoms with Crippen LogP contribution in [0.1, 0.15) is 57.3 Å². The maximum atomic E-state index is 12.8. The van der Waals surface area contributed by atoms with Gasteiger partial charge in [-0.25, -0.2) is 9.97 Å². The fraction of sp³-hybridized carbons (Fsp3) is 0.462. The summed E-state index contributed by atoms with van der Waals surface area (Å²) in [5.74, 6) is 1.12. The van der Waals surface area contributed by atoms with Crippen molar-refractivity contribution in [1.29, 1.82) is 0 Å². The van der Waals surface area contributed by atoms with E-state index in [0.29, 0.717) is 29.9 Å². The van der Waals surface area contributed by atoms with E-state index in [0.717, 1.165) is 55.5 Å². The number of hydrogen-bond donors (Lipinski definition) is 3. The zero-order chi connectivity index (χ0) is 24.1. The first-order valence-corrected chi connectivity index (χ1v) is 12.2. The maximum absolute atomic E-state index is 12.8. The van der Waals surface area contributed by atoms with Crippen LogP contribution >= 0.6 is 0 Å². The largest absolute Gasteiger partial charge is 0.342 e. The molecule has 0 saturated carbocycles. The average molecular weight is 465 g/mol. The fourth-order valence-electron chi connectivity index (χ4n) is 4.51. The number of amides is 1. The first-order valence-electron chi connectivity index (χ1n) is 12.2. The number of carbonyl (C=O) groups is 2. The van der Waals surface area contributed by atoms with Crippen molar-refractivity contribution in [3.05, 3.63) is 52.7 Å². The number of hydrogen-bond acceptors (Lipinski definition) is 4. The van der Waals surface area contributed by atoms with Crippen LogP contribution in [0.3, 0.4) is 0 Å². The number of Topliss-reactive ketones (excluding diaryl/α,β-unsaturated/α-hetero) is 1. The summed E-state index contributed by atoms with van der Waals surface area (Å²) in [6.45, 7) is 3.43. The van der Waals surface area contributed by atoms with E-state index in [9.17, 15) is 14.4 Å². The van der Waals surface area contributed by atoms with Crippen molar-refractivity contribution in [1.82, 2.24) is 20.2 Å². The first-order chi connectivity index (χ1) is 16.4. The summed E-state index contributed by atoms with van der Waals surface area (Å²) in [6.07, 6.45) is 6.43. The molecule has 2 aromatic heterocycles. The quantitative estimate of drug-likeness (QED) is 0.379. The van der Waals surface area contributed by atoms with E-state index in [1.807, 2.05) is 44.3 Å². The lowest BCUT2D eigenvalue weighted by atomic mass is 9.98. The number of likely N-dealkylation sites (tertiary alicyclic amines) is 1. The summed E-state index contributed by atoms with van der Waals surface area (Å²) in [4.78, 5) is 48.7. The van der Waals surface area contributed by atoms with Crippen LogP contribution in [0.4, 0.5) is 0 Å². The Balaban J connectivity index is 1.49. The normalized spacial score (nSPS) is 15.2. The molecule has 0 radical (unpaired) electrons. The minimum Gasteiger partial charge on any atom is -0.342 e. The molecule has 0 aliphatic carbocycles. The molecule has 8 heteroatoms. The standard InChI is InChI=1S/C26H33N5O3/c1-3-19(32)10-5-4-6-12-22(30-25(33)18-15-31(2)16-18)24-27-14-23(28-24)20-13-17-9-7-8-11-21(17)29-26(20)34/h7-9,11,13-14,18,22H,3-6,10,12,15-16H2,1-2H3,(H,27,28)(H,29,34)(H,30,33)/p+1/t22-/m0/s1. The molecular formula is C26H34N5O3+. The number of unbranched alkanes of at least 4 members (excludes halogenated alkanes) is 2. The van der Waals surface area contributed by atoms with Gasteiger partial charge in [0.1, 0.15) is 18.0 Å². The number of carbonyl (C=O) groups excluding carboxylic acids is 2. The molecule has 8 nitrogen and oxygen atoms in total. The Bertz CT molecular complexity index is 1210. The summed E-state index contributed by atoms with van der Waals surface area (Å²) < 4.78 is 0. The van der Waals surface area contributed by atoms with Crippen LogP contribution < -0.4 is 15.9 Å². The van der Waals surface area contributed by atoms with Gasteiger partial charge in [0.2, 0.25) is 5.91 Å². The van der Waals surface area contributed by atoms with Crippen molar-refractivity contribution in [3.8, 4) is 11.3 Å². The molecule has 180 valence electrons. The Kier molecular flexibility index (Phi) is 7.57. The van der Waals surface area contributed by atoms with Crippen molar-refractivity contribution < 1.29 is 14.6 Å². The highest BCUT2D eigenvalue weighted by molar-refractivity contribution is 5.82. The van der Waals surface area contributed by atoms with Gasteiger partial charge in [0.05, 0.1) is 11.5 Å². The van der Waals surface area contributed by atoms with Crippen molar-refractivity contribution in [3.63, 3.8) is 0 Å². The number of nitrogens with zero attached hydrogens (tertiary/aromatic N) is 1. The molecule has 4 rings (SSSR count). The van der Waals surface area contributed by atoms with E-state index in [-0.39, 0.29) is 23.4 Å². The Morgan fingerprint density at radius 1 is 1.18 bits per heavy atom. The van der Waals surface area contributed by atoms with E-state index in [1.165, 1.54) is 0 Å². The molecule has 1 aliphatic rings. The summed E-state index contributed by atoms with van der Waals surface area (Å²) >= 11 is 0. The third-order valence-corrected chi connectivity index (χ3v) is 6.63. The van der Waals surface area contributed by atoms with Gasteiger partial charge in [-0.2, -0.15) is 0 Å². The van der Waals surface area contributed by atoms with Crippen LogP contribution in [-0.4, -0.2) is 46.7 Å². The van der Waals surface area contributed by atoms with Gasteiger partial charge in [-0.3, -0.25) is 14.4 Å². The molecule has 1 aliphatic heterocycles. The molecule has 1 amide bonds. The van der Waals surface area contributed by atoms with E-state index >= 15 is 0 Å². The summed E-state index contributed by atoms with van der Waals surface area (Å²) in [7, 11) is 2.00. The lowest BCUT2D eigenvalue weighted by Gasteiger charge is -2.35. The van der Waals surface area contributed by atoms with Gasteiger partial charge in [0, 0.05) is 31.4 Å². The van der Waals surface area contributed by atoms with Gasteiger partial charge in [-0.1, -0.05) is 38.0 Å². The number of pyridine rings is 1. The van der Waals surface area contributed by atoms with Gasteiger partial charge < -0.3 is 15.2 Å². The molecule has 34 heavy (non-hydrogen) atoms. The topological polar surface area (TPSA) is 112 Å². The number of aromatic nitrogens is 3. The number of benzene rings is 1. The Morgan fingerprint density at radius 3 is 2.74 bits per heavy atom. The minimum atomic E-state index is -0.214. The lowest BCUT2D eigenvalue weighted by molar-refractivity contribution is -0.391. The third-order valence-electron chi connectivity index (χ3n) is 6.63. The number of fused-ring (bicyclic) bond motifs is 1. The smallest absolute Gasteiger partial charge is 0.275 e. The van der Waals surface area contributed by atoms with Gasteiger partial charge in [0.15, 0.2) is 5.69 Å². The SMILES string of the molecule is CCC(=O)CCCCC[C@H](NC(=O)C1CN(C)C1)c1[nH]c(-c2cc3ccccc3[nH]c2=O)c[nH+]1. The van der Waals surface area contributed by atoms with Crippen LogP contribution in [0.2, 0.25) is 0 Å². The molecule has 0 bridgehead atoms. The van der Waals surface area contributed by atoms with E-state index in [4.69, 9.17) is 0 Å². The monoisotopic (exact) mass is 464 g/mol. The maximum Gasteiger partial charge on any atom is 0.275 e. The minimum absolute atomic E-state index is 0.00689. The molecule has 3 heterocycles. The molecule has 4 N–H and O–H groups in total. The van der Waals surface area contributed by atoms with Crippen LogP contribution in [-0.2, 0) is 9.59 Å². The Labute approximate surface area is 199 Å². The number of ketones is 1. The first kappa shape index (κ1) is 23.9. The van der Waals surface area contributed by atoms with Crippen LogP contribution in [0.15, 0.2) is 41.3 Å². The van der Waals surface area contributed by atoms with Crippen LogP contribution in [0.5, 0.6) is 0 Å². The predicted molar refractivity (Wildman–Crippen MR) is 131 cm³/mol. The average Bonchev–Trinajstić information content (AvgIpc) is 3.30. The highest BCUT2D eigenvalue weighted by atomic mass is 16.2. The van der Waals surface area contributed by atoms with E-state index in [1.54, 1.807) is 6.20 Å². The second-order valence-electron chi connectivity index (χ2n) is 9.31.